The average Bonchev–Trinajstić information content (AvgIpc) is 2.23. The maximum absolute atomic E-state index is 4.08. The predicted octanol–water partition coefficient (Wildman–Crippen LogP) is 0.949. The molecule has 0 aliphatic carbocycles. The lowest BCUT2D eigenvalue weighted by Crippen LogP contribution is -2.38. The van der Waals surface area contributed by atoms with E-state index in [1.165, 1.54) is 12.8 Å². The Labute approximate surface area is 84.1 Å². The predicted molar refractivity (Wildman–Crippen MR) is 56.3 cm³/mol. The number of hydrogen-bond donors (Lipinski definition) is 2. The summed E-state index contributed by atoms with van der Waals surface area (Å²) in [4.78, 5) is 0. The monoisotopic (exact) mass is 192 g/mol. The van der Waals surface area contributed by atoms with E-state index in [9.17, 15) is 0 Å². The molecular formula is C10H16N4. The molecule has 1 aliphatic heterocycles. The van der Waals surface area contributed by atoms with E-state index < -0.39 is 0 Å². The third-order valence-corrected chi connectivity index (χ3v) is 2.45. The molecular weight excluding hydrogens is 176 g/mol. The van der Waals surface area contributed by atoms with Gasteiger partial charge in [-0.05, 0) is 38.4 Å². The second-order valence-corrected chi connectivity index (χ2v) is 3.75. The molecule has 1 fully saturated rings. The first-order chi connectivity index (χ1) is 6.84. The maximum atomic E-state index is 4.08. The quantitative estimate of drug-likeness (QED) is 0.732. The first kappa shape index (κ1) is 9.40. The van der Waals surface area contributed by atoms with Gasteiger partial charge in [0.15, 0.2) is 0 Å². The molecule has 0 aromatic carbocycles. The zero-order chi connectivity index (χ0) is 9.80. The fourth-order valence-corrected chi connectivity index (χ4v) is 1.66. The number of anilines is 1. The highest BCUT2D eigenvalue weighted by atomic mass is 15.2. The van der Waals surface area contributed by atoms with Crippen molar-refractivity contribution in [3.8, 4) is 0 Å². The second-order valence-electron chi connectivity index (χ2n) is 3.75. The molecule has 2 N–H and O–H groups in total. The Bertz CT molecular complexity index is 277. The zero-order valence-electron chi connectivity index (χ0n) is 8.45. The first-order valence-electron chi connectivity index (χ1n) is 5.12. The van der Waals surface area contributed by atoms with Gasteiger partial charge in [-0.1, -0.05) is 0 Å². The summed E-state index contributed by atoms with van der Waals surface area (Å²) in [6.45, 7) is 4.10. The maximum Gasteiger partial charge on any atom is 0.148 e. The summed E-state index contributed by atoms with van der Waals surface area (Å²) in [5.41, 5.74) is 0.956. The number of aryl methyl sites for hydroxylation is 1. The highest BCUT2D eigenvalue weighted by Crippen LogP contribution is 2.08. The minimum Gasteiger partial charge on any atom is -0.365 e. The Morgan fingerprint density at radius 3 is 3.00 bits per heavy atom. The van der Waals surface area contributed by atoms with Gasteiger partial charge in [-0.15, -0.1) is 5.10 Å². The third kappa shape index (κ3) is 2.42. The summed E-state index contributed by atoms with van der Waals surface area (Å²) in [6.07, 6.45) is 2.44. The number of rotatable bonds is 2. The van der Waals surface area contributed by atoms with Crippen LogP contribution in [0.4, 0.5) is 5.82 Å². The van der Waals surface area contributed by atoms with Crippen LogP contribution >= 0.6 is 0 Å². The van der Waals surface area contributed by atoms with E-state index in [2.05, 4.69) is 20.8 Å². The summed E-state index contributed by atoms with van der Waals surface area (Å²) >= 11 is 0. The minimum absolute atomic E-state index is 0.501. The van der Waals surface area contributed by atoms with E-state index in [4.69, 9.17) is 0 Å². The second kappa shape index (κ2) is 4.37. The van der Waals surface area contributed by atoms with E-state index in [1.54, 1.807) is 0 Å². The summed E-state index contributed by atoms with van der Waals surface area (Å²) in [5.74, 6) is 0.879. The Morgan fingerprint density at radius 2 is 2.36 bits per heavy atom. The van der Waals surface area contributed by atoms with E-state index in [-0.39, 0.29) is 0 Å². The van der Waals surface area contributed by atoms with E-state index >= 15 is 0 Å². The van der Waals surface area contributed by atoms with Gasteiger partial charge in [-0.3, -0.25) is 0 Å². The van der Waals surface area contributed by atoms with Gasteiger partial charge in [0.05, 0.1) is 5.69 Å². The Hall–Kier alpha value is -1.16. The molecule has 2 rings (SSSR count). The number of nitrogens with one attached hydrogen (secondary N) is 2. The van der Waals surface area contributed by atoms with Crippen LogP contribution < -0.4 is 10.6 Å². The highest BCUT2D eigenvalue weighted by Gasteiger charge is 2.12. The van der Waals surface area contributed by atoms with Crippen molar-refractivity contribution in [1.29, 1.82) is 0 Å². The molecule has 2 heterocycles. The normalized spacial score (nSPS) is 21.9. The fourth-order valence-electron chi connectivity index (χ4n) is 1.66. The Balaban J connectivity index is 1.92. The molecule has 0 amide bonds. The molecule has 1 saturated heterocycles. The van der Waals surface area contributed by atoms with Gasteiger partial charge in [0.2, 0.25) is 0 Å². The molecule has 1 atom stereocenters. The molecule has 0 saturated carbocycles. The fraction of sp³-hybridized carbons (Fsp3) is 0.600. The SMILES string of the molecule is Cc1ccc(NC2CCCNC2)nn1. The van der Waals surface area contributed by atoms with Crippen molar-refractivity contribution in [1.82, 2.24) is 15.5 Å². The van der Waals surface area contributed by atoms with Crippen LogP contribution in [0.25, 0.3) is 0 Å². The van der Waals surface area contributed by atoms with Gasteiger partial charge >= 0.3 is 0 Å². The van der Waals surface area contributed by atoms with Crippen molar-refractivity contribution in [3.63, 3.8) is 0 Å². The van der Waals surface area contributed by atoms with E-state index in [0.717, 1.165) is 24.6 Å². The molecule has 14 heavy (non-hydrogen) atoms. The van der Waals surface area contributed by atoms with Crippen molar-refractivity contribution in [2.24, 2.45) is 0 Å². The van der Waals surface area contributed by atoms with Crippen molar-refractivity contribution in [2.75, 3.05) is 18.4 Å². The number of aromatic nitrogens is 2. The van der Waals surface area contributed by atoms with E-state index in [0.29, 0.717) is 6.04 Å². The Kier molecular flexibility index (Phi) is 2.93. The van der Waals surface area contributed by atoms with Gasteiger partial charge in [-0.25, -0.2) is 0 Å². The number of piperidine rings is 1. The molecule has 4 nitrogen and oxygen atoms in total. The topological polar surface area (TPSA) is 49.8 Å². The van der Waals surface area contributed by atoms with Gasteiger partial charge in [0.1, 0.15) is 5.82 Å². The molecule has 0 bridgehead atoms. The lowest BCUT2D eigenvalue weighted by Gasteiger charge is -2.23. The van der Waals surface area contributed by atoms with Crippen LogP contribution in [0.3, 0.4) is 0 Å². The smallest absolute Gasteiger partial charge is 0.148 e. The zero-order valence-corrected chi connectivity index (χ0v) is 8.45. The summed E-state index contributed by atoms with van der Waals surface area (Å²) in [5, 5.41) is 14.8. The lowest BCUT2D eigenvalue weighted by atomic mass is 10.1. The van der Waals surface area contributed by atoms with Crippen LogP contribution in [0.5, 0.6) is 0 Å². The van der Waals surface area contributed by atoms with Gasteiger partial charge in [0.25, 0.3) is 0 Å². The molecule has 1 aromatic rings. The largest absolute Gasteiger partial charge is 0.365 e. The molecule has 1 unspecified atom stereocenters. The number of hydrogen-bond acceptors (Lipinski definition) is 4. The van der Waals surface area contributed by atoms with E-state index in [1.807, 2.05) is 19.1 Å². The van der Waals surface area contributed by atoms with Crippen LogP contribution in [0.15, 0.2) is 12.1 Å². The molecule has 1 aliphatic rings. The third-order valence-electron chi connectivity index (χ3n) is 2.45. The lowest BCUT2D eigenvalue weighted by molar-refractivity contribution is 0.478. The van der Waals surface area contributed by atoms with Crippen molar-refractivity contribution in [2.45, 2.75) is 25.8 Å². The molecule has 76 valence electrons. The van der Waals surface area contributed by atoms with Gasteiger partial charge in [0, 0.05) is 12.6 Å². The van der Waals surface area contributed by atoms with Crippen molar-refractivity contribution < 1.29 is 0 Å². The Morgan fingerprint density at radius 1 is 1.43 bits per heavy atom. The molecule has 4 heteroatoms. The molecule has 0 spiro atoms. The van der Waals surface area contributed by atoms with Crippen molar-refractivity contribution >= 4 is 5.82 Å². The van der Waals surface area contributed by atoms with Crippen LogP contribution in [0, 0.1) is 6.92 Å². The van der Waals surface area contributed by atoms with Crippen LogP contribution in [0.2, 0.25) is 0 Å². The van der Waals surface area contributed by atoms with Gasteiger partial charge < -0.3 is 10.6 Å². The first-order valence-corrected chi connectivity index (χ1v) is 5.12. The van der Waals surface area contributed by atoms with Crippen LogP contribution in [-0.2, 0) is 0 Å². The van der Waals surface area contributed by atoms with Crippen LogP contribution in [-0.4, -0.2) is 29.3 Å². The number of nitrogens with zero attached hydrogens (tertiary/aromatic N) is 2. The summed E-state index contributed by atoms with van der Waals surface area (Å²) in [6, 6.07) is 4.46. The molecule has 0 radical (unpaired) electrons. The van der Waals surface area contributed by atoms with Gasteiger partial charge in [-0.2, -0.15) is 5.10 Å². The average molecular weight is 192 g/mol. The minimum atomic E-state index is 0.501. The summed E-state index contributed by atoms with van der Waals surface area (Å²) in [7, 11) is 0. The highest BCUT2D eigenvalue weighted by molar-refractivity contribution is 5.34. The standard InChI is InChI=1S/C10H16N4/c1-8-4-5-10(14-13-8)12-9-3-2-6-11-7-9/h4-5,9,11H,2-3,6-7H2,1H3,(H,12,14). The van der Waals surface area contributed by atoms with Crippen molar-refractivity contribution in [3.05, 3.63) is 17.8 Å². The summed E-state index contributed by atoms with van der Waals surface area (Å²) < 4.78 is 0. The molecule has 1 aromatic heterocycles. The van der Waals surface area contributed by atoms with Crippen LogP contribution in [0.1, 0.15) is 18.5 Å².